The zero-order valence-corrected chi connectivity index (χ0v) is 13.8. The first kappa shape index (κ1) is 14.4. The number of likely N-dealkylation sites (tertiary alicyclic amines) is 1. The van der Waals surface area contributed by atoms with Crippen molar-refractivity contribution in [2.75, 3.05) is 44.2 Å². The third-order valence-electron chi connectivity index (χ3n) is 4.91. The van der Waals surface area contributed by atoms with Crippen LogP contribution in [0.1, 0.15) is 18.4 Å². The topological polar surface area (TPSA) is 32.5 Å². The summed E-state index contributed by atoms with van der Waals surface area (Å²) in [5, 5.41) is 0. The first-order valence-corrected chi connectivity index (χ1v) is 8.35. The Kier molecular flexibility index (Phi) is 4.07. The Balaban J connectivity index is 1.58. The van der Waals surface area contributed by atoms with Gasteiger partial charge in [-0.25, -0.2) is 0 Å². The predicted octanol–water partition coefficient (Wildman–Crippen LogP) is 2.62. The molecule has 4 heteroatoms. The van der Waals surface area contributed by atoms with Crippen molar-refractivity contribution in [3.63, 3.8) is 0 Å². The second-order valence-electron chi connectivity index (χ2n) is 6.42. The summed E-state index contributed by atoms with van der Waals surface area (Å²) in [6.07, 6.45) is 2.64. The van der Waals surface area contributed by atoms with Crippen molar-refractivity contribution in [1.82, 2.24) is 4.90 Å². The number of piperidine rings is 1. The second kappa shape index (κ2) is 5.66. The smallest absolute Gasteiger partial charge is 0.0377 e. The summed E-state index contributed by atoms with van der Waals surface area (Å²) in [5.74, 6) is 0. The number of hydrogen-bond acceptors (Lipinski definition) is 3. The van der Waals surface area contributed by atoms with Gasteiger partial charge in [0.25, 0.3) is 0 Å². The molecule has 3 rings (SSSR count). The molecule has 0 aliphatic carbocycles. The summed E-state index contributed by atoms with van der Waals surface area (Å²) in [4.78, 5) is 5.03. The molecule has 0 amide bonds. The van der Waals surface area contributed by atoms with Crippen LogP contribution in [0, 0.1) is 12.3 Å². The summed E-state index contributed by atoms with van der Waals surface area (Å²) >= 11 is 3.64. The molecule has 2 aliphatic rings. The molecule has 0 bridgehead atoms. The number of hydrogen-bond donors (Lipinski definition) is 1. The third kappa shape index (κ3) is 2.74. The lowest BCUT2D eigenvalue weighted by atomic mass is 9.72. The molecule has 0 unspecified atom stereocenters. The van der Waals surface area contributed by atoms with Crippen LogP contribution in [0.3, 0.4) is 0 Å². The van der Waals surface area contributed by atoms with Gasteiger partial charge >= 0.3 is 0 Å². The minimum absolute atomic E-state index is 0.591. The quantitative estimate of drug-likeness (QED) is 0.920. The van der Waals surface area contributed by atoms with Crippen LogP contribution in [-0.4, -0.2) is 44.2 Å². The van der Waals surface area contributed by atoms with Crippen LogP contribution in [-0.2, 0) is 0 Å². The molecule has 1 spiro atoms. The minimum atomic E-state index is 0.591. The number of rotatable bonds is 3. The Morgan fingerprint density at radius 2 is 1.95 bits per heavy atom. The molecule has 2 aliphatic heterocycles. The summed E-state index contributed by atoms with van der Waals surface area (Å²) in [5.41, 5.74) is 8.88. The largest absolute Gasteiger partial charge is 0.371 e. The van der Waals surface area contributed by atoms with E-state index in [0.717, 1.165) is 13.1 Å². The third-order valence-corrected chi connectivity index (χ3v) is 5.76. The van der Waals surface area contributed by atoms with Crippen molar-refractivity contribution in [3.8, 4) is 0 Å². The first-order chi connectivity index (χ1) is 9.62. The molecule has 3 nitrogen and oxygen atoms in total. The van der Waals surface area contributed by atoms with Gasteiger partial charge < -0.3 is 15.5 Å². The fraction of sp³-hybridized carbons (Fsp3) is 0.625. The lowest BCUT2D eigenvalue weighted by molar-refractivity contribution is -0.0158. The van der Waals surface area contributed by atoms with Crippen molar-refractivity contribution < 1.29 is 0 Å². The number of nitrogens with two attached hydrogens (primary N) is 1. The van der Waals surface area contributed by atoms with Crippen LogP contribution in [0.2, 0.25) is 0 Å². The average molecular weight is 338 g/mol. The van der Waals surface area contributed by atoms with Crippen molar-refractivity contribution in [3.05, 3.63) is 28.2 Å². The molecule has 0 saturated carbocycles. The Morgan fingerprint density at radius 3 is 2.55 bits per heavy atom. The lowest BCUT2D eigenvalue weighted by Crippen LogP contribution is -2.61. The lowest BCUT2D eigenvalue weighted by Gasteiger charge is -2.54. The monoisotopic (exact) mass is 337 g/mol. The fourth-order valence-electron chi connectivity index (χ4n) is 3.58. The first-order valence-electron chi connectivity index (χ1n) is 7.55. The highest BCUT2D eigenvalue weighted by atomic mass is 79.9. The number of aryl methyl sites for hydroxylation is 1. The highest BCUT2D eigenvalue weighted by Crippen LogP contribution is 2.41. The van der Waals surface area contributed by atoms with Gasteiger partial charge in [0.2, 0.25) is 0 Å². The highest BCUT2D eigenvalue weighted by Gasteiger charge is 2.44. The van der Waals surface area contributed by atoms with E-state index in [-0.39, 0.29) is 0 Å². The van der Waals surface area contributed by atoms with Gasteiger partial charge in [-0.2, -0.15) is 0 Å². The van der Waals surface area contributed by atoms with E-state index in [1.807, 2.05) is 0 Å². The molecule has 2 saturated heterocycles. The van der Waals surface area contributed by atoms with Crippen LogP contribution < -0.4 is 10.6 Å². The Bertz CT molecular complexity index is 473. The summed E-state index contributed by atoms with van der Waals surface area (Å²) in [6, 6.07) is 6.71. The summed E-state index contributed by atoms with van der Waals surface area (Å²) in [6.45, 7) is 8.89. The Hall–Kier alpha value is -0.580. The maximum atomic E-state index is 5.63. The minimum Gasteiger partial charge on any atom is -0.371 e. The van der Waals surface area contributed by atoms with Gasteiger partial charge in [-0.05, 0) is 42.9 Å². The maximum Gasteiger partial charge on any atom is 0.0377 e. The van der Waals surface area contributed by atoms with Crippen LogP contribution in [0.5, 0.6) is 0 Å². The van der Waals surface area contributed by atoms with Crippen LogP contribution in [0.15, 0.2) is 22.7 Å². The summed E-state index contributed by atoms with van der Waals surface area (Å²) in [7, 11) is 0. The van der Waals surface area contributed by atoms with E-state index >= 15 is 0 Å². The highest BCUT2D eigenvalue weighted by molar-refractivity contribution is 9.10. The van der Waals surface area contributed by atoms with Gasteiger partial charge in [0.05, 0.1) is 0 Å². The van der Waals surface area contributed by atoms with E-state index < -0.39 is 0 Å². The number of anilines is 1. The summed E-state index contributed by atoms with van der Waals surface area (Å²) < 4.78 is 1.22. The van der Waals surface area contributed by atoms with E-state index in [0.29, 0.717) is 5.41 Å². The average Bonchev–Trinajstić information content (AvgIpc) is 2.41. The Morgan fingerprint density at radius 1 is 1.25 bits per heavy atom. The molecule has 1 aromatic rings. The molecule has 0 aromatic heterocycles. The number of benzene rings is 1. The van der Waals surface area contributed by atoms with Crippen molar-refractivity contribution in [1.29, 1.82) is 0 Å². The standard InChI is InChI=1S/C16H24BrN3/c1-13-2-3-14(10-15(13)17)20-7-4-16(5-8-20)11-19(12-16)9-6-18/h2-3,10H,4-9,11-12,18H2,1H3. The van der Waals surface area contributed by atoms with Gasteiger partial charge in [0.15, 0.2) is 0 Å². The second-order valence-corrected chi connectivity index (χ2v) is 7.27. The van der Waals surface area contributed by atoms with Gasteiger partial charge in [0.1, 0.15) is 0 Å². The molecular formula is C16H24BrN3. The zero-order chi connectivity index (χ0) is 14.2. The van der Waals surface area contributed by atoms with Gasteiger partial charge in [-0.3, -0.25) is 0 Å². The molecule has 2 N–H and O–H groups in total. The maximum absolute atomic E-state index is 5.63. The van der Waals surface area contributed by atoms with Crippen LogP contribution in [0.25, 0.3) is 0 Å². The molecule has 2 fully saturated rings. The van der Waals surface area contributed by atoms with E-state index in [1.165, 1.54) is 54.7 Å². The predicted molar refractivity (Wildman–Crippen MR) is 88.3 cm³/mol. The van der Waals surface area contributed by atoms with Crippen LogP contribution >= 0.6 is 15.9 Å². The van der Waals surface area contributed by atoms with Gasteiger partial charge in [-0.15, -0.1) is 0 Å². The molecule has 110 valence electrons. The zero-order valence-electron chi connectivity index (χ0n) is 12.2. The van der Waals surface area contributed by atoms with E-state index in [9.17, 15) is 0 Å². The van der Waals surface area contributed by atoms with Gasteiger partial charge in [0, 0.05) is 49.4 Å². The SMILES string of the molecule is Cc1ccc(N2CCC3(CC2)CN(CCN)C3)cc1Br. The van der Waals surface area contributed by atoms with E-state index in [4.69, 9.17) is 5.73 Å². The molecule has 20 heavy (non-hydrogen) atoms. The van der Waals surface area contributed by atoms with Crippen molar-refractivity contribution in [2.24, 2.45) is 11.1 Å². The fourth-order valence-corrected chi connectivity index (χ4v) is 3.94. The van der Waals surface area contributed by atoms with Crippen LogP contribution in [0.4, 0.5) is 5.69 Å². The van der Waals surface area contributed by atoms with Gasteiger partial charge in [-0.1, -0.05) is 22.0 Å². The molecular weight excluding hydrogens is 314 g/mol. The number of halogens is 1. The van der Waals surface area contributed by atoms with E-state index in [1.54, 1.807) is 0 Å². The molecule has 2 heterocycles. The van der Waals surface area contributed by atoms with E-state index in [2.05, 4.69) is 50.9 Å². The Labute approximate surface area is 130 Å². The normalized spacial score (nSPS) is 22.1. The van der Waals surface area contributed by atoms with Crippen molar-refractivity contribution >= 4 is 21.6 Å². The van der Waals surface area contributed by atoms with Crippen molar-refractivity contribution in [2.45, 2.75) is 19.8 Å². The number of nitrogens with zero attached hydrogens (tertiary/aromatic N) is 2. The molecule has 0 radical (unpaired) electrons. The molecule has 1 aromatic carbocycles. The molecule has 0 atom stereocenters.